The van der Waals surface area contributed by atoms with Crippen LogP contribution in [0, 0.1) is 0 Å². The third-order valence-corrected chi connectivity index (χ3v) is 2.45. The Bertz CT molecular complexity index is 480. The van der Waals surface area contributed by atoms with Crippen molar-refractivity contribution in [2.75, 3.05) is 5.32 Å². The summed E-state index contributed by atoms with van der Waals surface area (Å²) in [6, 6.07) is -0.491. The van der Waals surface area contributed by atoms with E-state index in [-0.39, 0.29) is 17.7 Å². The van der Waals surface area contributed by atoms with Crippen LogP contribution in [0.15, 0.2) is 12.4 Å². The maximum Gasteiger partial charge on any atom is 0.251 e. The van der Waals surface area contributed by atoms with Gasteiger partial charge in [-0.2, -0.15) is 5.10 Å². The van der Waals surface area contributed by atoms with Crippen molar-refractivity contribution in [3.8, 4) is 0 Å². The van der Waals surface area contributed by atoms with Crippen molar-refractivity contribution in [2.45, 2.75) is 25.8 Å². The van der Waals surface area contributed by atoms with Crippen LogP contribution < -0.4 is 10.6 Å². The lowest BCUT2D eigenvalue weighted by molar-refractivity contribution is -0.136. The van der Waals surface area contributed by atoms with Gasteiger partial charge in [-0.25, -0.2) is 0 Å². The normalized spacial score (nSPS) is 19.9. The molecule has 7 nitrogen and oxygen atoms in total. The number of rotatable bonds is 2. The van der Waals surface area contributed by atoms with Gasteiger partial charge in [-0.3, -0.25) is 24.4 Å². The molecule has 1 fully saturated rings. The first-order chi connectivity index (χ1) is 8.06. The number of aromatic nitrogens is 2. The fraction of sp³-hybridized carbons (Fsp3) is 0.400. The van der Waals surface area contributed by atoms with Gasteiger partial charge < -0.3 is 5.32 Å². The zero-order chi connectivity index (χ0) is 12.4. The Kier molecular flexibility index (Phi) is 2.90. The van der Waals surface area contributed by atoms with Crippen LogP contribution >= 0.6 is 0 Å². The van der Waals surface area contributed by atoms with Crippen molar-refractivity contribution in [3.63, 3.8) is 0 Å². The summed E-state index contributed by atoms with van der Waals surface area (Å²) >= 11 is 0. The van der Waals surface area contributed by atoms with E-state index in [1.807, 2.05) is 0 Å². The van der Waals surface area contributed by atoms with Crippen molar-refractivity contribution in [3.05, 3.63) is 12.4 Å². The first-order valence-electron chi connectivity index (χ1n) is 5.21. The van der Waals surface area contributed by atoms with E-state index in [2.05, 4.69) is 15.7 Å². The largest absolute Gasteiger partial charge is 0.324 e. The maximum atomic E-state index is 11.6. The second-order valence-electron chi connectivity index (χ2n) is 3.86. The number of amides is 3. The Morgan fingerprint density at radius 3 is 3.00 bits per heavy atom. The molecule has 2 rings (SSSR count). The zero-order valence-corrected chi connectivity index (χ0v) is 9.27. The minimum absolute atomic E-state index is 0.201. The molecule has 0 saturated carbocycles. The second-order valence-corrected chi connectivity index (χ2v) is 3.86. The summed E-state index contributed by atoms with van der Waals surface area (Å²) in [4.78, 5) is 33.4. The summed E-state index contributed by atoms with van der Waals surface area (Å²) in [5.74, 6) is -0.827. The van der Waals surface area contributed by atoms with Crippen LogP contribution in [-0.2, 0) is 14.4 Å². The van der Waals surface area contributed by atoms with Gasteiger partial charge >= 0.3 is 0 Å². The molecule has 1 aliphatic heterocycles. The Labute approximate surface area is 97.2 Å². The van der Waals surface area contributed by atoms with E-state index in [1.54, 1.807) is 6.20 Å². The number of hydrogen-bond acceptors (Lipinski definition) is 4. The number of nitrogens with one attached hydrogen (secondary N) is 2. The van der Waals surface area contributed by atoms with Gasteiger partial charge in [-0.15, -0.1) is 0 Å². The summed E-state index contributed by atoms with van der Waals surface area (Å²) < 4.78 is 1.45. The topological polar surface area (TPSA) is 93.1 Å². The molecule has 1 aromatic heterocycles. The fourth-order valence-electron chi connectivity index (χ4n) is 1.71. The molecule has 3 amide bonds. The van der Waals surface area contributed by atoms with Crippen LogP contribution in [-0.4, -0.2) is 27.5 Å². The average Bonchev–Trinajstić information content (AvgIpc) is 2.65. The highest BCUT2D eigenvalue weighted by Gasteiger charge is 2.28. The van der Waals surface area contributed by atoms with Crippen molar-refractivity contribution in [2.24, 2.45) is 0 Å². The van der Waals surface area contributed by atoms with Crippen LogP contribution in [0.4, 0.5) is 5.69 Å². The van der Waals surface area contributed by atoms with Gasteiger partial charge in [0.1, 0.15) is 6.04 Å². The van der Waals surface area contributed by atoms with Gasteiger partial charge in [0.05, 0.1) is 11.9 Å². The fourth-order valence-corrected chi connectivity index (χ4v) is 1.71. The third-order valence-electron chi connectivity index (χ3n) is 2.45. The molecular formula is C10H12N4O3. The molecule has 0 radical (unpaired) electrons. The molecule has 2 heterocycles. The summed E-state index contributed by atoms with van der Waals surface area (Å²) in [7, 11) is 0. The lowest BCUT2D eigenvalue weighted by Crippen LogP contribution is -2.41. The van der Waals surface area contributed by atoms with E-state index in [9.17, 15) is 14.4 Å². The van der Waals surface area contributed by atoms with Crippen molar-refractivity contribution in [1.29, 1.82) is 0 Å². The number of carbonyl (C=O) groups is 3. The smallest absolute Gasteiger partial charge is 0.251 e. The van der Waals surface area contributed by atoms with Crippen LogP contribution in [0.25, 0.3) is 0 Å². The van der Waals surface area contributed by atoms with Gasteiger partial charge in [0.2, 0.25) is 11.8 Å². The first-order valence-corrected chi connectivity index (χ1v) is 5.21. The minimum atomic E-state index is -0.491. The van der Waals surface area contributed by atoms with Crippen LogP contribution in [0.1, 0.15) is 25.8 Å². The van der Waals surface area contributed by atoms with E-state index in [1.165, 1.54) is 17.8 Å². The van der Waals surface area contributed by atoms with Crippen LogP contribution in [0.5, 0.6) is 0 Å². The molecule has 1 aliphatic rings. The van der Waals surface area contributed by atoms with Gasteiger partial charge in [0.15, 0.2) is 0 Å². The molecular weight excluding hydrogens is 224 g/mol. The van der Waals surface area contributed by atoms with Crippen LogP contribution in [0.3, 0.4) is 0 Å². The number of hydrogen-bond donors (Lipinski definition) is 2. The van der Waals surface area contributed by atoms with E-state index in [0.717, 1.165) is 0 Å². The molecule has 0 aromatic carbocycles. The van der Waals surface area contributed by atoms with E-state index in [4.69, 9.17) is 0 Å². The molecule has 2 N–H and O–H groups in total. The molecule has 1 aromatic rings. The predicted molar refractivity (Wildman–Crippen MR) is 58.0 cm³/mol. The van der Waals surface area contributed by atoms with Gasteiger partial charge in [-0.1, -0.05) is 0 Å². The minimum Gasteiger partial charge on any atom is -0.324 e. The Morgan fingerprint density at radius 2 is 2.35 bits per heavy atom. The highest BCUT2D eigenvalue weighted by atomic mass is 16.2. The Morgan fingerprint density at radius 1 is 1.59 bits per heavy atom. The summed E-state index contributed by atoms with van der Waals surface area (Å²) in [6.45, 7) is 1.39. The molecule has 1 atom stereocenters. The number of carbonyl (C=O) groups excluding carboxylic acids is 3. The van der Waals surface area contributed by atoms with E-state index < -0.39 is 6.04 Å². The summed E-state index contributed by atoms with van der Waals surface area (Å²) in [6.07, 6.45) is 3.75. The Balaban J connectivity index is 2.12. The molecule has 17 heavy (non-hydrogen) atoms. The predicted octanol–water partition coefficient (Wildman–Crippen LogP) is -0.181. The SMILES string of the molecule is CC(=O)Nc1cnn(C2CCC(=O)NC2=O)c1. The van der Waals surface area contributed by atoms with Gasteiger partial charge in [-0.05, 0) is 6.42 Å². The van der Waals surface area contributed by atoms with Crippen molar-refractivity contribution < 1.29 is 14.4 Å². The lowest BCUT2D eigenvalue weighted by Gasteiger charge is -2.20. The second kappa shape index (κ2) is 4.36. The van der Waals surface area contributed by atoms with Crippen molar-refractivity contribution in [1.82, 2.24) is 15.1 Å². The maximum absolute atomic E-state index is 11.6. The molecule has 0 aliphatic carbocycles. The molecule has 1 saturated heterocycles. The average molecular weight is 236 g/mol. The quantitative estimate of drug-likeness (QED) is 0.696. The van der Waals surface area contributed by atoms with E-state index in [0.29, 0.717) is 18.5 Å². The number of piperidine rings is 1. The molecule has 0 spiro atoms. The van der Waals surface area contributed by atoms with Gasteiger partial charge in [0.25, 0.3) is 5.91 Å². The van der Waals surface area contributed by atoms with Crippen molar-refractivity contribution >= 4 is 23.4 Å². The lowest BCUT2D eigenvalue weighted by atomic mass is 10.1. The number of anilines is 1. The highest BCUT2D eigenvalue weighted by Crippen LogP contribution is 2.19. The van der Waals surface area contributed by atoms with E-state index >= 15 is 0 Å². The molecule has 0 bridgehead atoms. The number of nitrogens with zero attached hydrogens (tertiary/aromatic N) is 2. The standard InChI is InChI=1S/C10H12N4O3/c1-6(15)12-7-4-11-14(5-7)8-2-3-9(16)13-10(8)17/h4-5,8H,2-3H2,1H3,(H,12,15)(H,13,16,17). The third kappa shape index (κ3) is 2.49. The summed E-state index contributed by atoms with van der Waals surface area (Å²) in [5, 5.41) is 8.82. The molecule has 1 unspecified atom stereocenters. The highest BCUT2D eigenvalue weighted by molar-refractivity contribution is 5.99. The van der Waals surface area contributed by atoms with Gasteiger partial charge in [0, 0.05) is 19.5 Å². The Hall–Kier alpha value is -2.18. The molecule has 90 valence electrons. The number of imide groups is 1. The van der Waals surface area contributed by atoms with Crippen LogP contribution in [0.2, 0.25) is 0 Å². The zero-order valence-electron chi connectivity index (χ0n) is 9.27. The monoisotopic (exact) mass is 236 g/mol. The first kappa shape index (κ1) is 11.3. The summed E-state index contributed by atoms with van der Waals surface area (Å²) in [5.41, 5.74) is 0.530. The molecule has 7 heteroatoms.